The lowest BCUT2D eigenvalue weighted by molar-refractivity contribution is 0.412. The Hall–Kier alpha value is -3.06. The van der Waals surface area contributed by atoms with Crippen LogP contribution in [0.2, 0.25) is 0 Å². The summed E-state index contributed by atoms with van der Waals surface area (Å²) in [6.45, 7) is 1.93. The van der Waals surface area contributed by atoms with E-state index in [1.807, 2.05) is 66.1 Å². The minimum absolute atomic E-state index is 0.634. The van der Waals surface area contributed by atoms with Crippen LogP contribution in [-0.2, 0) is 5.75 Å². The lowest BCUT2D eigenvalue weighted by Gasteiger charge is -2.10. The number of para-hydroxylation sites is 2. The molecule has 0 aliphatic carbocycles. The highest BCUT2D eigenvalue weighted by molar-refractivity contribution is 7.98. The molecule has 4 rings (SSSR count). The highest BCUT2D eigenvalue weighted by Gasteiger charge is 2.15. The molecule has 0 unspecified atom stereocenters. The smallest absolute Gasteiger partial charge is 0.226 e. The monoisotopic (exact) mass is 378 g/mol. The third-order valence-electron chi connectivity index (χ3n) is 4.11. The maximum absolute atomic E-state index is 5.83. The van der Waals surface area contributed by atoms with Gasteiger partial charge in [0, 0.05) is 11.3 Å². The number of methoxy groups -OCH3 is 1. The molecule has 0 aliphatic rings. The average Bonchev–Trinajstić information content (AvgIpc) is 3.33. The fourth-order valence-electron chi connectivity index (χ4n) is 2.72. The summed E-state index contributed by atoms with van der Waals surface area (Å²) in [6.07, 6.45) is 1.69. The minimum atomic E-state index is 0.634. The summed E-state index contributed by atoms with van der Waals surface area (Å²) in [5.41, 5.74) is 2.76. The van der Waals surface area contributed by atoms with Crippen molar-refractivity contribution >= 4 is 11.8 Å². The maximum atomic E-state index is 5.83. The van der Waals surface area contributed by atoms with Crippen LogP contribution in [0.1, 0.15) is 11.5 Å². The molecule has 0 atom stereocenters. The van der Waals surface area contributed by atoms with Crippen LogP contribution in [0.25, 0.3) is 17.1 Å². The van der Waals surface area contributed by atoms with Crippen LogP contribution < -0.4 is 4.74 Å². The maximum Gasteiger partial charge on any atom is 0.226 e. The van der Waals surface area contributed by atoms with Crippen LogP contribution in [0.15, 0.2) is 70.5 Å². The Balaban J connectivity index is 1.56. The van der Waals surface area contributed by atoms with Crippen LogP contribution in [-0.4, -0.2) is 26.9 Å². The van der Waals surface area contributed by atoms with E-state index >= 15 is 0 Å². The molecule has 4 aromatic rings. The molecule has 0 spiro atoms. The lowest BCUT2D eigenvalue weighted by atomic mass is 10.2. The number of aryl methyl sites for hydroxylation is 1. The van der Waals surface area contributed by atoms with Gasteiger partial charge in [0.25, 0.3) is 0 Å². The van der Waals surface area contributed by atoms with E-state index < -0.39 is 0 Å². The number of aromatic nitrogens is 4. The van der Waals surface area contributed by atoms with Crippen LogP contribution in [0.4, 0.5) is 0 Å². The van der Waals surface area contributed by atoms with Gasteiger partial charge in [-0.1, -0.05) is 42.1 Å². The van der Waals surface area contributed by atoms with E-state index in [9.17, 15) is 0 Å². The van der Waals surface area contributed by atoms with E-state index in [0.717, 1.165) is 33.6 Å². The number of hydrogen-bond acceptors (Lipinski definition) is 6. The van der Waals surface area contributed by atoms with Crippen molar-refractivity contribution in [3.05, 3.63) is 72.4 Å². The molecule has 136 valence electrons. The molecule has 27 heavy (non-hydrogen) atoms. The zero-order chi connectivity index (χ0) is 18.6. The van der Waals surface area contributed by atoms with Crippen molar-refractivity contribution in [2.45, 2.75) is 17.8 Å². The predicted octanol–water partition coefficient (Wildman–Crippen LogP) is 4.53. The summed E-state index contributed by atoms with van der Waals surface area (Å²) in [6, 6.07) is 17.7. The van der Waals surface area contributed by atoms with Gasteiger partial charge in [0.2, 0.25) is 5.89 Å². The minimum Gasteiger partial charge on any atom is -0.495 e. The Bertz CT molecular complexity index is 1040. The largest absolute Gasteiger partial charge is 0.495 e. The molecule has 6 nitrogen and oxygen atoms in total. The van der Waals surface area contributed by atoms with Crippen LogP contribution in [0.3, 0.4) is 0 Å². The number of rotatable bonds is 6. The summed E-state index contributed by atoms with van der Waals surface area (Å²) in [5.74, 6) is 2.85. The first-order chi connectivity index (χ1) is 13.3. The van der Waals surface area contributed by atoms with E-state index in [0.29, 0.717) is 11.6 Å². The topological polar surface area (TPSA) is 66.0 Å². The van der Waals surface area contributed by atoms with Crippen molar-refractivity contribution in [1.29, 1.82) is 0 Å². The van der Waals surface area contributed by atoms with Crippen LogP contribution >= 0.6 is 11.8 Å². The molecule has 0 saturated carbocycles. The summed E-state index contributed by atoms with van der Waals surface area (Å²) in [4.78, 5) is 4.65. The van der Waals surface area contributed by atoms with Crippen molar-refractivity contribution in [2.75, 3.05) is 7.11 Å². The second-order valence-electron chi connectivity index (χ2n) is 5.83. The number of nitrogens with zero attached hydrogens (tertiary/aromatic N) is 4. The van der Waals surface area contributed by atoms with Crippen molar-refractivity contribution in [1.82, 2.24) is 19.7 Å². The molecule has 0 amide bonds. The van der Waals surface area contributed by atoms with Crippen molar-refractivity contribution in [2.24, 2.45) is 0 Å². The normalized spacial score (nSPS) is 10.9. The number of ether oxygens (including phenoxy) is 1. The number of thioether (sulfide) groups is 1. The molecule has 2 aromatic heterocycles. The van der Waals surface area contributed by atoms with Crippen LogP contribution in [0.5, 0.6) is 5.75 Å². The van der Waals surface area contributed by atoms with Gasteiger partial charge in [-0.3, -0.25) is 4.57 Å². The summed E-state index contributed by atoms with van der Waals surface area (Å²) >= 11 is 1.55. The molecule has 0 bridgehead atoms. The third-order valence-corrected chi connectivity index (χ3v) is 5.07. The van der Waals surface area contributed by atoms with Crippen LogP contribution in [0, 0.1) is 6.92 Å². The van der Waals surface area contributed by atoms with E-state index in [-0.39, 0.29) is 0 Å². The zero-order valence-electron chi connectivity index (χ0n) is 15.0. The first kappa shape index (κ1) is 17.4. The molecular weight excluding hydrogens is 360 g/mol. The predicted molar refractivity (Wildman–Crippen MR) is 104 cm³/mol. The van der Waals surface area contributed by atoms with Crippen molar-refractivity contribution in [3.8, 4) is 22.9 Å². The van der Waals surface area contributed by atoms with Gasteiger partial charge in [-0.15, -0.1) is 10.2 Å². The number of benzene rings is 2. The zero-order valence-corrected chi connectivity index (χ0v) is 15.8. The van der Waals surface area contributed by atoms with Crippen molar-refractivity contribution < 1.29 is 9.15 Å². The van der Waals surface area contributed by atoms with Gasteiger partial charge < -0.3 is 9.15 Å². The van der Waals surface area contributed by atoms with E-state index in [2.05, 4.69) is 15.2 Å². The molecule has 0 aliphatic heterocycles. The second kappa shape index (κ2) is 7.67. The van der Waals surface area contributed by atoms with Gasteiger partial charge in [0.1, 0.15) is 17.8 Å². The molecule has 7 heteroatoms. The third kappa shape index (κ3) is 3.59. The fourth-order valence-corrected chi connectivity index (χ4v) is 3.64. The van der Waals surface area contributed by atoms with E-state index in [4.69, 9.17) is 9.15 Å². The SMILES string of the molecule is COc1ccccc1-n1cnnc1SCc1nc(-c2ccccc2)oc1C. The Morgan fingerprint density at radius 1 is 1.07 bits per heavy atom. The second-order valence-corrected chi connectivity index (χ2v) is 6.77. The summed E-state index contributed by atoms with van der Waals surface area (Å²) in [7, 11) is 1.65. The molecular formula is C20H18N4O2S. The average molecular weight is 378 g/mol. The molecule has 2 heterocycles. The fraction of sp³-hybridized carbons (Fsp3) is 0.150. The van der Waals surface area contributed by atoms with Crippen molar-refractivity contribution in [3.63, 3.8) is 0 Å². The lowest BCUT2D eigenvalue weighted by Crippen LogP contribution is -1.99. The first-order valence-electron chi connectivity index (χ1n) is 8.44. The van der Waals surface area contributed by atoms with E-state index in [1.54, 1.807) is 25.2 Å². The molecule has 2 aromatic carbocycles. The Kier molecular flexibility index (Phi) is 4.93. The quantitative estimate of drug-likeness (QED) is 0.459. The highest BCUT2D eigenvalue weighted by atomic mass is 32.2. The Labute approximate surface area is 161 Å². The molecule has 0 fully saturated rings. The highest BCUT2D eigenvalue weighted by Crippen LogP contribution is 2.30. The Morgan fingerprint density at radius 2 is 1.85 bits per heavy atom. The molecule has 0 radical (unpaired) electrons. The Morgan fingerprint density at radius 3 is 2.67 bits per heavy atom. The molecule has 0 saturated heterocycles. The number of hydrogen-bond donors (Lipinski definition) is 0. The summed E-state index contributed by atoms with van der Waals surface area (Å²) < 4.78 is 13.2. The van der Waals surface area contributed by atoms with Gasteiger partial charge in [-0.2, -0.15) is 0 Å². The van der Waals surface area contributed by atoms with Gasteiger partial charge in [0.15, 0.2) is 5.16 Å². The van der Waals surface area contributed by atoms with Gasteiger partial charge >= 0.3 is 0 Å². The number of oxazole rings is 1. The summed E-state index contributed by atoms with van der Waals surface area (Å²) in [5, 5.41) is 9.06. The van der Waals surface area contributed by atoms with Gasteiger partial charge in [-0.25, -0.2) is 4.98 Å². The molecule has 0 N–H and O–H groups in total. The van der Waals surface area contributed by atoms with Gasteiger partial charge in [0.05, 0.1) is 18.5 Å². The van der Waals surface area contributed by atoms with E-state index in [1.165, 1.54) is 0 Å². The first-order valence-corrected chi connectivity index (χ1v) is 9.43. The van der Waals surface area contributed by atoms with Gasteiger partial charge in [-0.05, 0) is 31.2 Å². The standard InChI is InChI=1S/C20H18N4O2S/c1-14-16(22-19(26-14)15-8-4-3-5-9-15)12-27-20-23-21-13-24(20)17-10-6-7-11-18(17)25-2/h3-11,13H,12H2,1-2H3.